The van der Waals surface area contributed by atoms with Crippen LogP contribution in [0.15, 0.2) is 18.2 Å². The number of nitrogens with one attached hydrogen (secondary N) is 3. The molecular weight excluding hydrogens is 384 g/mol. The second-order valence-electron chi connectivity index (χ2n) is 8.94. The third-order valence-electron chi connectivity index (χ3n) is 7.09. The first-order valence-electron chi connectivity index (χ1n) is 10.8. The number of nitrogens with zero attached hydrogens (tertiary/aromatic N) is 1. The van der Waals surface area contributed by atoms with E-state index in [2.05, 4.69) is 16.0 Å². The fourth-order valence-electron chi connectivity index (χ4n) is 5.41. The number of rotatable bonds is 3. The Morgan fingerprint density at radius 3 is 2.43 bits per heavy atom. The summed E-state index contributed by atoms with van der Waals surface area (Å²) in [5.74, 6) is -1.90. The summed E-state index contributed by atoms with van der Waals surface area (Å²) in [4.78, 5) is 50.3. The van der Waals surface area contributed by atoms with Crippen molar-refractivity contribution >= 4 is 29.3 Å². The highest BCUT2D eigenvalue weighted by molar-refractivity contribution is 6.23. The van der Waals surface area contributed by atoms with Crippen LogP contribution < -0.4 is 16.0 Å². The van der Waals surface area contributed by atoms with Gasteiger partial charge in [0.2, 0.25) is 11.8 Å². The average molecular weight is 410 g/mol. The molecule has 3 aliphatic heterocycles. The lowest BCUT2D eigenvalue weighted by atomic mass is 9.78. The molecule has 1 aromatic rings. The van der Waals surface area contributed by atoms with Gasteiger partial charge in [-0.2, -0.15) is 0 Å². The van der Waals surface area contributed by atoms with E-state index in [0.29, 0.717) is 22.7 Å². The summed E-state index contributed by atoms with van der Waals surface area (Å²) in [6.45, 7) is 1.11. The van der Waals surface area contributed by atoms with Crippen molar-refractivity contribution in [2.24, 2.45) is 0 Å². The van der Waals surface area contributed by atoms with Gasteiger partial charge in [0, 0.05) is 23.7 Å². The largest absolute Gasteiger partial charge is 0.382 e. The molecule has 2 saturated heterocycles. The molecule has 1 saturated carbocycles. The van der Waals surface area contributed by atoms with Crippen molar-refractivity contribution in [3.05, 3.63) is 29.3 Å². The molecule has 8 heteroatoms. The van der Waals surface area contributed by atoms with Gasteiger partial charge in [-0.25, -0.2) is 0 Å². The Morgan fingerprint density at radius 1 is 0.967 bits per heavy atom. The summed E-state index contributed by atoms with van der Waals surface area (Å²) in [5.41, 5.74) is 1.77. The Morgan fingerprint density at radius 2 is 1.73 bits per heavy atom. The summed E-state index contributed by atoms with van der Waals surface area (Å²) in [6.07, 6.45) is 7.23. The molecule has 4 amide bonds. The first-order valence-corrected chi connectivity index (χ1v) is 10.8. The molecule has 1 aromatic carbocycles. The number of imide groups is 2. The van der Waals surface area contributed by atoms with Gasteiger partial charge in [-0.15, -0.1) is 0 Å². The van der Waals surface area contributed by atoms with E-state index in [0.717, 1.165) is 42.8 Å². The standard InChI is InChI=1S/C22H26N4O4/c27-18-5-4-17(19(28)25-18)26-20(29)15-3-2-14(12-16(15)21(26)30)24-13-6-9-22(10-7-13)8-1-11-23-22/h2-3,12-13,17,23-24H,1,4-11H2,(H,25,27,28). The van der Waals surface area contributed by atoms with Gasteiger partial charge in [-0.3, -0.25) is 29.4 Å². The van der Waals surface area contributed by atoms with Gasteiger partial charge < -0.3 is 10.6 Å². The van der Waals surface area contributed by atoms with Crippen LogP contribution in [0.5, 0.6) is 0 Å². The number of amides is 4. The maximum absolute atomic E-state index is 13.0. The predicted molar refractivity (Wildman–Crippen MR) is 109 cm³/mol. The fourth-order valence-corrected chi connectivity index (χ4v) is 5.41. The number of fused-ring (bicyclic) bond motifs is 1. The van der Waals surface area contributed by atoms with Crippen molar-refractivity contribution in [3.63, 3.8) is 0 Å². The van der Waals surface area contributed by atoms with Crippen LogP contribution in [-0.4, -0.2) is 52.7 Å². The van der Waals surface area contributed by atoms with E-state index < -0.39 is 23.8 Å². The van der Waals surface area contributed by atoms with Gasteiger partial charge in [0.05, 0.1) is 11.1 Å². The second kappa shape index (κ2) is 7.19. The molecule has 3 heterocycles. The molecule has 0 aromatic heterocycles. The third kappa shape index (κ3) is 3.19. The van der Waals surface area contributed by atoms with E-state index in [4.69, 9.17) is 0 Å². The monoisotopic (exact) mass is 410 g/mol. The van der Waals surface area contributed by atoms with Crippen molar-refractivity contribution < 1.29 is 19.2 Å². The number of carbonyl (C=O) groups is 4. The number of benzene rings is 1. The zero-order chi connectivity index (χ0) is 20.9. The Labute approximate surface area is 174 Å². The summed E-state index contributed by atoms with van der Waals surface area (Å²) in [5, 5.41) is 9.42. The van der Waals surface area contributed by atoms with Crippen molar-refractivity contribution in [1.82, 2.24) is 15.5 Å². The highest BCUT2D eigenvalue weighted by Gasteiger charge is 2.44. The second-order valence-corrected chi connectivity index (χ2v) is 8.94. The third-order valence-corrected chi connectivity index (χ3v) is 7.09. The Hall–Kier alpha value is -2.74. The lowest BCUT2D eigenvalue weighted by molar-refractivity contribution is -0.136. The van der Waals surface area contributed by atoms with Gasteiger partial charge >= 0.3 is 0 Å². The molecular formula is C22H26N4O4. The maximum Gasteiger partial charge on any atom is 0.262 e. The van der Waals surface area contributed by atoms with Crippen molar-refractivity contribution in [3.8, 4) is 0 Å². The van der Waals surface area contributed by atoms with Crippen molar-refractivity contribution in [2.75, 3.05) is 11.9 Å². The Kier molecular flexibility index (Phi) is 4.61. The van der Waals surface area contributed by atoms with Crippen LogP contribution in [0.3, 0.4) is 0 Å². The van der Waals surface area contributed by atoms with Crippen LogP contribution in [0, 0.1) is 0 Å². The van der Waals surface area contributed by atoms with Crippen LogP contribution >= 0.6 is 0 Å². The van der Waals surface area contributed by atoms with Gasteiger partial charge in [0.1, 0.15) is 6.04 Å². The van der Waals surface area contributed by atoms with Crippen LogP contribution in [0.2, 0.25) is 0 Å². The molecule has 1 unspecified atom stereocenters. The molecule has 1 atom stereocenters. The first-order chi connectivity index (χ1) is 14.5. The minimum absolute atomic E-state index is 0.120. The molecule has 0 radical (unpaired) electrons. The zero-order valence-corrected chi connectivity index (χ0v) is 16.8. The number of anilines is 1. The maximum atomic E-state index is 13.0. The summed E-state index contributed by atoms with van der Waals surface area (Å²) < 4.78 is 0. The average Bonchev–Trinajstić information content (AvgIpc) is 3.28. The van der Waals surface area contributed by atoms with Gasteiger partial charge in [0.25, 0.3) is 11.8 Å². The van der Waals surface area contributed by atoms with Crippen LogP contribution in [0.25, 0.3) is 0 Å². The SMILES string of the molecule is O=C1CCC(N2C(=O)c3ccc(NC4CCC5(CCCN5)CC4)cc3C2=O)C(=O)N1. The van der Waals surface area contributed by atoms with Gasteiger partial charge in [0.15, 0.2) is 0 Å². The molecule has 1 spiro atoms. The molecule has 5 rings (SSSR count). The van der Waals surface area contributed by atoms with E-state index >= 15 is 0 Å². The van der Waals surface area contributed by atoms with E-state index in [1.54, 1.807) is 12.1 Å². The van der Waals surface area contributed by atoms with Crippen LogP contribution in [0.1, 0.15) is 72.1 Å². The van der Waals surface area contributed by atoms with E-state index in [-0.39, 0.29) is 18.7 Å². The quantitative estimate of drug-likeness (QED) is 0.653. The smallest absolute Gasteiger partial charge is 0.262 e. The highest BCUT2D eigenvalue weighted by Crippen LogP contribution is 2.36. The van der Waals surface area contributed by atoms with Crippen LogP contribution in [-0.2, 0) is 9.59 Å². The van der Waals surface area contributed by atoms with Gasteiger partial charge in [-0.05, 0) is 69.7 Å². The molecule has 30 heavy (non-hydrogen) atoms. The minimum atomic E-state index is -0.931. The molecule has 3 N–H and O–H groups in total. The molecule has 0 bridgehead atoms. The minimum Gasteiger partial charge on any atom is -0.382 e. The number of carbonyl (C=O) groups excluding carboxylic acids is 4. The zero-order valence-electron chi connectivity index (χ0n) is 16.8. The highest BCUT2D eigenvalue weighted by atomic mass is 16.2. The van der Waals surface area contributed by atoms with Gasteiger partial charge in [-0.1, -0.05) is 0 Å². The number of hydrogen-bond donors (Lipinski definition) is 3. The summed E-state index contributed by atoms with van der Waals surface area (Å²) in [6, 6.07) is 4.62. The number of hydrogen-bond acceptors (Lipinski definition) is 6. The Bertz CT molecular complexity index is 927. The lowest BCUT2D eigenvalue weighted by Crippen LogP contribution is -2.54. The topological polar surface area (TPSA) is 108 Å². The fraction of sp³-hybridized carbons (Fsp3) is 0.545. The Balaban J connectivity index is 1.29. The molecule has 8 nitrogen and oxygen atoms in total. The van der Waals surface area contributed by atoms with Crippen molar-refractivity contribution in [1.29, 1.82) is 0 Å². The molecule has 1 aliphatic carbocycles. The van der Waals surface area contributed by atoms with E-state index in [1.165, 1.54) is 12.8 Å². The summed E-state index contributed by atoms with van der Waals surface area (Å²) >= 11 is 0. The molecule has 4 aliphatic rings. The molecule has 158 valence electrons. The number of piperidine rings is 1. The van der Waals surface area contributed by atoms with E-state index in [1.807, 2.05) is 6.07 Å². The lowest BCUT2D eigenvalue weighted by Gasteiger charge is -2.38. The normalized spacial score (nSPS) is 31.3. The van der Waals surface area contributed by atoms with E-state index in [9.17, 15) is 19.2 Å². The first kappa shape index (κ1) is 19.2. The van der Waals surface area contributed by atoms with Crippen LogP contribution in [0.4, 0.5) is 5.69 Å². The predicted octanol–water partition coefficient (Wildman–Crippen LogP) is 1.56. The molecule has 3 fully saturated rings. The summed E-state index contributed by atoms with van der Waals surface area (Å²) in [7, 11) is 0. The van der Waals surface area contributed by atoms with Crippen molar-refractivity contribution in [2.45, 2.75) is 69.0 Å².